The average molecular weight is 913 g/mol. The largest absolute Gasteiger partial charge is 2.00 e. The first kappa shape index (κ1) is 51.8. The third-order valence-electron chi connectivity index (χ3n) is 8.85. The van der Waals surface area contributed by atoms with Crippen molar-refractivity contribution in [3.8, 4) is 0 Å². The number of rotatable bonds is 22. The quantitative estimate of drug-likeness (QED) is 0.0925. The minimum absolute atomic E-state index is 0. The number of carbonyl (C=O) groups is 2. The van der Waals surface area contributed by atoms with Gasteiger partial charge in [0.2, 0.25) is 0 Å². The Morgan fingerprint density at radius 3 is 0.738 bits per heavy atom. The maximum absolute atomic E-state index is 11.3. The van der Waals surface area contributed by atoms with Gasteiger partial charge in [-0.15, -0.1) is 0 Å². The van der Waals surface area contributed by atoms with Crippen LogP contribution in [0.5, 0.6) is 0 Å². The Morgan fingerprint density at radius 2 is 0.557 bits per heavy atom. The molecule has 4 N–H and O–H groups in total. The molecule has 6 aromatic rings. The van der Waals surface area contributed by atoms with Gasteiger partial charge in [0.1, 0.15) is 0 Å². The first-order valence-corrected chi connectivity index (χ1v) is 19.1. The monoisotopic (exact) mass is 912 g/mol. The zero-order valence-corrected chi connectivity index (χ0v) is 35.9. The van der Waals surface area contributed by atoms with Crippen LogP contribution in [0.4, 0.5) is 0 Å². The standard InChI is InChI=1S/2C22H25N5O2.2Fe.H2O/c2*28-22(29)18-27(17-21-9-3-6-12-25-21)14-13-26(15-19-7-1-4-10-23-19)16-20-8-2-5-11-24-20;;;/h2*1-12H,13-18H2,(H,28,29);;;1H2/q;;2*+2;. The molecule has 0 radical (unpaired) electrons. The van der Waals surface area contributed by atoms with E-state index in [0.717, 1.165) is 34.2 Å². The van der Waals surface area contributed by atoms with E-state index in [2.05, 4.69) is 39.7 Å². The molecule has 61 heavy (non-hydrogen) atoms. The second-order valence-corrected chi connectivity index (χ2v) is 13.6. The van der Waals surface area contributed by atoms with E-state index in [-0.39, 0.29) is 52.7 Å². The van der Waals surface area contributed by atoms with Crippen LogP contribution in [0.2, 0.25) is 0 Å². The SMILES string of the molecule is O.O=C(O)CN(CCN(Cc1ccccn1)Cc1ccccn1)Cc1ccccn1.O=C(O)CN(CCN(Cc1ccccn1)Cc1ccccn1)Cc1ccccn1.[Fe+2].[Fe+2]. The summed E-state index contributed by atoms with van der Waals surface area (Å²) in [5.41, 5.74) is 5.59. The van der Waals surface area contributed by atoms with Crippen molar-refractivity contribution in [1.82, 2.24) is 49.5 Å². The second kappa shape index (κ2) is 29.8. The fourth-order valence-corrected chi connectivity index (χ4v) is 6.13. The Bertz CT molecular complexity index is 1810. The summed E-state index contributed by atoms with van der Waals surface area (Å²) in [6.07, 6.45) is 10.6. The molecule has 0 aliphatic heterocycles. The van der Waals surface area contributed by atoms with Gasteiger partial charge in [0.05, 0.1) is 47.3 Å². The molecule has 6 rings (SSSR count). The van der Waals surface area contributed by atoms with Crippen LogP contribution >= 0.6 is 0 Å². The third-order valence-corrected chi connectivity index (χ3v) is 8.85. The van der Waals surface area contributed by atoms with Gasteiger partial charge in [-0.25, -0.2) is 0 Å². The predicted octanol–water partition coefficient (Wildman–Crippen LogP) is 4.09. The van der Waals surface area contributed by atoms with Crippen LogP contribution < -0.4 is 0 Å². The summed E-state index contributed by atoms with van der Waals surface area (Å²) in [5, 5.41) is 18.6. The van der Waals surface area contributed by atoms with Gasteiger partial charge in [-0.05, 0) is 72.8 Å². The molecule has 0 aliphatic carbocycles. The van der Waals surface area contributed by atoms with Crippen molar-refractivity contribution in [3.63, 3.8) is 0 Å². The molecule has 15 nitrogen and oxygen atoms in total. The molecular formula is C44H52Fe2N10O5+4. The zero-order valence-electron chi connectivity index (χ0n) is 33.7. The Labute approximate surface area is 378 Å². The van der Waals surface area contributed by atoms with Crippen LogP contribution in [0.25, 0.3) is 0 Å². The van der Waals surface area contributed by atoms with E-state index in [0.29, 0.717) is 65.4 Å². The molecule has 0 fully saturated rings. The van der Waals surface area contributed by atoms with Gasteiger partial charge in [-0.3, -0.25) is 59.1 Å². The molecule has 0 aromatic carbocycles. The third kappa shape index (κ3) is 21.2. The predicted molar refractivity (Wildman–Crippen MR) is 223 cm³/mol. The molecule has 0 atom stereocenters. The van der Waals surface area contributed by atoms with E-state index in [4.69, 9.17) is 0 Å². The van der Waals surface area contributed by atoms with E-state index in [9.17, 15) is 19.8 Å². The Kier molecular flexibility index (Phi) is 25.3. The van der Waals surface area contributed by atoms with Crippen LogP contribution in [0.15, 0.2) is 146 Å². The maximum Gasteiger partial charge on any atom is 2.00 e. The fraction of sp³-hybridized carbons (Fsp3) is 0.273. The van der Waals surface area contributed by atoms with E-state index in [1.165, 1.54) is 0 Å². The molecule has 6 aromatic heterocycles. The van der Waals surface area contributed by atoms with Crippen LogP contribution in [-0.2, 0) is 83.0 Å². The number of carboxylic acids is 2. The van der Waals surface area contributed by atoms with Crippen molar-refractivity contribution < 1.29 is 59.4 Å². The molecule has 0 unspecified atom stereocenters. The van der Waals surface area contributed by atoms with E-state index < -0.39 is 11.9 Å². The summed E-state index contributed by atoms with van der Waals surface area (Å²) in [7, 11) is 0. The fourth-order valence-electron chi connectivity index (χ4n) is 6.13. The van der Waals surface area contributed by atoms with E-state index >= 15 is 0 Å². The van der Waals surface area contributed by atoms with Crippen LogP contribution in [-0.4, -0.2) is 116 Å². The van der Waals surface area contributed by atoms with Gasteiger partial charge in [0.25, 0.3) is 0 Å². The first-order valence-electron chi connectivity index (χ1n) is 19.1. The van der Waals surface area contributed by atoms with Gasteiger partial charge in [0.15, 0.2) is 0 Å². The molecule has 0 saturated carbocycles. The van der Waals surface area contributed by atoms with E-state index in [1.54, 1.807) is 37.2 Å². The average Bonchev–Trinajstić information content (AvgIpc) is 3.24. The number of hydrogen-bond donors (Lipinski definition) is 2. The van der Waals surface area contributed by atoms with Crippen LogP contribution in [0.3, 0.4) is 0 Å². The van der Waals surface area contributed by atoms with Gasteiger partial charge in [-0.2, -0.15) is 0 Å². The van der Waals surface area contributed by atoms with Crippen molar-refractivity contribution in [2.45, 2.75) is 39.3 Å². The first-order chi connectivity index (χ1) is 28.4. The smallest absolute Gasteiger partial charge is 0.480 e. The number of hydrogen-bond acceptors (Lipinski definition) is 12. The number of aliphatic carboxylic acids is 2. The molecule has 0 spiro atoms. The van der Waals surface area contributed by atoms with Crippen molar-refractivity contribution in [2.75, 3.05) is 39.3 Å². The van der Waals surface area contributed by atoms with Crippen molar-refractivity contribution in [1.29, 1.82) is 0 Å². The Balaban J connectivity index is 0.000000400. The molecule has 6 heterocycles. The van der Waals surface area contributed by atoms with Crippen LogP contribution in [0, 0.1) is 0 Å². The van der Waals surface area contributed by atoms with E-state index in [1.807, 2.05) is 119 Å². The summed E-state index contributed by atoms with van der Waals surface area (Å²) in [4.78, 5) is 57.3. The molecule has 0 aliphatic rings. The van der Waals surface area contributed by atoms with Gasteiger partial charge < -0.3 is 15.7 Å². The summed E-state index contributed by atoms with van der Waals surface area (Å²) < 4.78 is 0. The topological polar surface area (TPSA) is 196 Å². The number of aromatic nitrogens is 6. The molecule has 0 bridgehead atoms. The summed E-state index contributed by atoms with van der Waals surface area (Å²) >= 11 is 0. The number of pyridine rings is 6. The Hall–Kier alpha value is -5.32. The molecular weight excluding hydrogens is 860 g/mol. The minimum Gasteiger partial charge on any atom is -0.480 e. The second-order valence-electron chi connectivity index (χ2n) is 13.6. The minimum atomic E-state index is -0.845. The van der Waals surface area contributed by atoms with Crippen LogP contribution in [0.1, 0.15) is 34.2 Å². The molecule has 320 valence electrons. The summed E-state index contributed by atoms with van der Waals surface area (Å²) in [5.74, 6) is -1.69. The van der Waals surface area contributed by atoms with Gasteiger partial charge >= 0.3 is 46.1 Å². The number of carboxylic acid groups (broad SMARTS) is 2. The molecule has 0 saturated heterocycles. The van der Waals surface area contributed by atoms with Crippen molar-refractivity contribution >= 4 is 11.9 Å². The van der Waals surface area contributed by atoms with Crippen molar-refractivity contribution in [2.24, 2.45) is 0 Å². The Morgan fingerprint density at radius 1 is 0.361 bits per heavy atom. The zero-order chi connectivity index (χ0) is 40.6. The van der Waals surface area contributed by atoms with Gasteiger partial charge in [-0.1, -0.05) is 36.4 Å². The normalized spacial score (nSPS) is 10.6. The van der Waals surface area contributed by atoms with Gasteiger partial charge in [0, 0.05) is 103 Å². The molecule has 0 amide bonds. The summed E-state index contributed by atoms with van der Waals surface area (Å²) in [6.45, 7) is 6.18. The number of nitrogens with zero attached hydrogens (tertiary/aromatic N) is 10. The van der Waals surface area contributed by atoms with Crippen molar-refractivity contribution in [3.05, 3.63) is 181 Å². The maximum atomic E-state index is 11.3. The summed E-state index contributed by atoms with van der Waals surface area (Å²) in [6, 6.07) is 34.8. The molecule has 17 heteroatoms.